The van der Waals surface area contributed by atoms with Crippen molar-refractivity contribution >= 4 is 21.8 Å². The molecule has 1 aromatic carbocycles. The Balaban J connectivity index is 2.42. The number of ether oxygens (including phenoxy) is 1. The van der Waals surface area contributed by atoms with Gasteiger partial charge in [0.1, 0.15) is 0 Å². The molecule has 0 aromatic heterocycles. The van der Waals surface area contributed by atoms with Crippen LogP contribution in [0.1, 0.15) is 12.0 Å². The Morgan fingerprint density at radius 3 is 2.88 bits per heavy atom. The Labute approximate surface area is 109 Å². The van der Waals surface area contributed by atoms with Crippen LogP contribution in [-0.4, -0.2) is 30.0 Å². The summed E-state index contributed by atoms with van der Waals surface area (Å²) in [7, 11) is 1.51. The number of carbonyl (C=O) groups is 1. The summed E-state index contributed by atoms with van der Waals surface area (Å²) in [4.78, 5) is 11.2. The van der Waals surface area contributed by atoms with E-state index in [4.69, 9.17) is 4.74 Å². The summed E-state index contributed by atoms with van der Waals surface area (Å²) in [6.07, 6.45) is 1.17. The third-order valence-corrected chi connectivity index (χ3v) is 2.70. The molecule has 0 unspecified atom stereocenters. The molecule has 0 atom stereocenters. The van der Waals surface area contributed by atoms with Crippen LogP contribution in [0, 0.1) is 0 Å². The minimum absolute atomic E-state index is 0.0274. The van der Waals surface area contributed by atoms with Crippen molar-refractivity contribution in [1.29, 1.82) is 0 Å². The van der Waals surface area contributed by atoms with Crippen molar-refractivity contribution in [3.63, 3.8) is 0 Å². The highest BCUT2D eigenvalue weighted by Gasteiger charge is 2.03. The van der Waals surface area contributed by atoms with Gasteiger partial charge < -0.3 is 15.2 Å². The van der Waals surface area contributed by atoms with Gasteiger partial charge in [0.2, 0.25) is 5.91 Å². The van der Waals surface area contributed by atoms with Gasteiger partial charge in [-0.2, -0.15) is 0 Å². The predicted molar refractivity (Wildman–Crippen MR) is 69.8 cm³/mol. The number of carbonyl (C=O) groups excluding carboxylic acids is 1. The third kappa shape index (κ3) is 4.65. The molecule has 94 valence electrons. The fourth-order valence-electron chi connectivity index (χ4n) is 1.41. The van der Waals surface area contributed by atoms with Crippen molar-refractivity contribution in [2.45, 2.75) is 12.8 Å². The van der Waals surface area contributed by atoms with E-state index in [1.807, 2.05) is 6.07 Å². The summed E-state index contributed by atoms with van der Waals surface area (Å²) >= 11 is 3.20. The van der Waals surface area contributed by atoms with Gasteiger partial charge in [-0.3, -0.25) is 4.79 Å². The summed E-state index contributed by atoms with van der Waals surface area (Å²) in [6.45, 7) is 0.567. The molecule has 2 N–H and O–H groups in total. The molecule has 1 amide bonds. The van der Waals surface area contributed by atoms with Crippen molar-refractivity contribution in [3.8, 4) is 11.5 Å². The number of amides is 1. The molecule has 0 aliphatic heterocycles. The van der Waals surface area contributed by atoms with Crippen LogP contribution in [0.5, 0.6) is 11.5 Å². The molecule has 0 saturated heterocycles. The number of hydrogen-bond donors (Lipinski definition) is 2. The second-order valence-electron chi connectivity index (χ2n) is 3.55. The van der Waals surface area contributed by atoms with Crippen LogP contribution in [0.3, 0.4) is 0 Å². The Morgan fingerprint density at radius 1 is 1.53 bits per heavy atom. The van der Waals surface area contributed by atoms with Crippen molar-refractivity contribution < 1.29 is 14.6 Å². The highest BCUT2D eigenvalue weighted by Crippen LogP contribution is 2.26. The molecule has 0 saturated carbocycles. The molecular weight excluding hydrogens is 286 g/mol. The Kier molecular flexibility index (Phi) is 5.83. The fraction of sp³-hybridized carbons (Fsp3) is 0.417. The van der Waals surface area contributed by atoms with Crippen molar-refractivity contribution in [1.82, 2.24) is 5.32 Å². The van der Waals surface area contributed by atoms with Crippen molar-refractivity contribution in [3.05, 3.63) is 23.8 Å². The molecule has 0 radical (unpaired) electrons. The van der Waals surface area contributed by atoms with E-state index >= 15 is 0 Å². The lowest BCUT2D eigenvalue weighted by atomic mass is 10.1. The standard InChI is InChI=1S/C12H16BrNO3/c1-17-11-3-2-9(8-10(11)15)5-7-14-12(16)4-6-13/h2-3,8,15H,4-7H2,1H3,(H,14,16). The van der Waals surface area contributed by atoms with E-state index in [2.05, 4.69) is 21.2 Å². The highest BCUT2D eigenvalue weighted by molar-refractivity contribution is 9.09. The number of methoxy groups -OCH3 is 1. The zero-order valence-electron chi connectivity index (χ0n) is 9.70. The van der Waals surface area contributed by atoms with Crippen LogP contribution < -0.4 is 10.1 Å². The first-order chi connectivity index (χ1) is 8.17. The van der Waals surface area contributed by atoms with Gasteiger partial charge in [-0.15, -0.1) is 0 Å². The van der Waals surface area contributed by atoms with E-state index in [0.717, 1.165) is 5.56 Å². The topological polar surface area (TPSA) is 58.6 Å². The van der Waals surface area contributed by atoms with Crippen molar-refractivity contribution in [2.75, 3.05) is 19.0 Å². The Morgan fingerprint density at radius 2 is 2.29 bits per heavy atom. The van der Waals surface area contributed by atoms with Crippen molar-refractivity contribution in [2.24, 2.45) is 0 Å². The molecule has 0 heterocycles. The number of aromatic hydroxyl groups is 1. The van der Waals surface area contributed by atoms with E-state index in [0.29, 0.717) is 30.5 Å². The summed E-state index contributed by atoms with van der Waals surface area (Å²) in [5, 5.41) is 13.0. The van der Waals surface area contributed by atoms with Gasteiger partial charge >= 0.3 is 0 Å². The molecule has 0 bridgehead atoms. The fourth-order valence-corrected chi connectivity index (χ4v) is 1.77. The van der Waals surface area contributed by atoms with Crippen LogP contribution in [0.2, 0.25) is 0 Å². The number of benzene rings is 1. The monoisotopic (exact) mass is 301 g/mol. The Bertz CT molecular complexity index is 382. The third-order valence-electron chi connectivity index (χ3n) is 2.30. The molecule has 4 nitrogen and oxygen atoms in total. The van der Waals surface area contributed by atoms with E-state index in [9.17, 15) is 9.90 Å². The summed E-state index contributed by atoms with van der Waals surface area (Å²) in [5.74, 6) is 0.605. The number of alkyl halides is 1. The number of phenols is 1. The van der Waals surface area contributed by atoms with Gasteiger partial charge in [-0.1, -0.05) is 22.0 Å². The zero-order valence-corrected chi connectivity index (χ0v) is 11.3. The van der Waals surface area contributed by atoms with Gasteiger partial charge in [0.25, 0.3) is 0 Å². The van der Waals surface area contributed by atoms with E-state index < -0.39 is 0 Å². The first kappa shape index (κ1) is 13.8. The number of phenolic OH excluding ortho intramolecular Hbond substituents is 1. The van der Waals surface area contributed by atoms with E-state index in [1.54, 1.807) is 12.1 Å². The molecule has 0 fully saturated rings. The van der Waals surface area contributed by atoms with Crippen LogP contribution in [0.25, 0.3) is 0 Å². The quantitative estimate of drug-likeness (QED) is 0.788. The van der Waals surface area contributed by atoms with E-state index in [-0.39, 0.29) is 11.7 Å². The first-order valence-corrected chi connectivity index (χ1v) is 6.48. The lowest BCUT2D eigenvalue weighted by Crippen LogP contribution is -2.25. The van der Waals surface area contributed by atoms with Gasteiger partial charge in [0.15, 0.2) is 11.5 Å². The largest absolute Gasteiger partial charge is 0.504 e. The minimum atomic E-state index is 0.0274. The Hall–Kier alpha value is -1.23. The maximum atomic E-state index is 11.2. The molecule has 0 aliphatic rings. The van der Waals surface area contributed by atoms with Crippen LogP contribution in [-0.2, 0) is 11.2 Å². The lowest BCUT2D eigenvalue weighted by Gasteiger charge is -2.07. The van der Waals surface area contributed by atoms with Gasteiger partial charge in [-0.05, 0) is 24.1 Å². The van der Waals surface area contributed by atoms with Gasteiger partial charge in [0, 0.05) is 18.3 Å². The SMILES string of the molecule is COc1ccc(CCNC(=O)CCBr)cc1O. The second kappa shape index (κ2) is 7.17. The average Bonchev–Trinajstić information content (AvgIpc) is 2.29. The van der Waals surface area contributed by atoms with Gasteiger partial charge in [-0.25, -0.2) is 0 Å². The lowest BCUT2D eigenvalue weighted by molar-refractivity contribution is -0.120. The molecule has 17 heavy (non-hydrogen) atoms. The number of rotatable bonds is 6. The molecule has 1 aromatic rings. The van der Waals surface area contributed by atoms with Crippen LogP contribution in [0.4, 0.5) is 0 Å². The molecule has 5 heteroatoms. The zero-order chi connectivity index (χ0) is 12.7. The summed E-state index contributed by atoms with van der Waals surface area (Å²) < 4.78 is 4.95. The first-order valence-electron chi connectivity index (χ1n) is 5.36. The van der Waals surface area contributed by atoms with E-state index in [1.165, 1.54) is 7.11 Å². The smallest absolute Gasteiger partial charge is 0.220 e. The summed E-state index contributed by atoms with van der Waals surface area (Å²) in [5.41, 5.74) is 0.961. The number of nitrogens with one attached hydrogen (secondary N) is 1. The normalized spacial score (nSPS) is 10.0. The van der Waals surface area contributed by atoms with Crippen LogP contribution in [0.15, 0.2) is 18.2 Å². The minimum Gasteiger partial charge on any atom is -0.504 e. The molecule has 1 rings (SSSR count). The highest BCUT2D eigenvalue weighted by atomic mass is 79.9. The number of halogens is 1. The molecule has 0 spiro atoms. The predicted octanol–water partition coefficient (Wildman–Crippen LogP) is 1.84. The molecular formula is C12H16BrNO3. The maximum absolute atomic E-state index is 11.2. The second-order valence-corrected chi connectivity index (χ2v) is 4.34. The maximum Gasteiger partial charge on any atom is 0.220 e. The summed E-state index contributed by atoms with van der Waals surface area (Å²) in [6, 6.07) is 5.23. The average molecular weight is 302 g/mol. The molecule has 0 aliphatic carbocycles. The van der Waals surface area contributed by atoms with Gasteiger partial charge in [0.05, 0.1) is 7.11 Å². The number of hydrogen-bond acceptors (Lipinski definition) is 3. The van der Waals surface area contributed by atoms with Crippen LogP contribution >= 0.6 is 15.9 Å².